The number of terminal acetylenes is 2. The van der Waals surface area contributed by atoms with E-state index in [1.54, 1.807) is 0 Å². The first-order valence-electron chi connectivity index (χ1n) is 6.73. The standard InChI is InChI=1S/C19H17NO/c1-5-14-21-18-11-8-17(9-12-18)19-13-10-16(6-2)15(4)20(19)7-3/h1-2,8-13H,4,7,14H2,3H3. The molecule has 0 amide bonds. The number of likely N-dealkylation sites (N-methyl/N-ethyl adjacent to an activating group) is 1. The van der Waals surface area contributed by atoms with Crippen LogP contribution in [0.25, 0.3) is 5.70 Å². The minimum atomic E-state index is 0.272. The zero-order valence-corrected chi connectivity index (χ0v) is 12.1. The minimum Gasteiger partial charge on any atom is -0.481 e. The van der Waals surface area contributed by atoms with Gasteiger partial charge in [-0.25, -0.2) is 0 Å². The second kappa shape index (κ2) is 6.55. The zero-order chi connectivity index (χ0) is 15.2. The van der Waals surface area contributed by atoms with Gasteiger partial charge in [-0.15, -0.1) is 12.8 Å². The van der Waals surface area contributed by atoms with Crippen molar-refractivity contribution in [2.75, 3.05) is 13.2 Å². The first-order chi connectivity index (χ1) is 10.2. The maximum atomic E-state index is 5.49. The van der Waals surface area contributed by atoms with E-state index < -0.39 is 0 Å². The van der Waals surface area contributed by atoms with E-state index in [9.17, 15) is 0 Å². The molecule has 0 N–H and O–H groups in total. The third-order valence-electron chi connectivity index (χ3n) is 3.28. The zero-order valence-electron chi connectivity index (χ0n) is 12.1. The summed E-state index contributed by atoms with van der Waals surface area (Å²) >= 11 is 0. The highest BCUT2D eigenvalue weighted by Crippen LogP contribution is 2.30. The Labute approximate surface area is 126 Å². The summed E-state index contributed by atoms with van der Waals surface area (Å²) in [5.74, 6) is 5.87. The number of hydrogen-bond acceptors (Lipinski definition) is 2. The number of benzene rings is 1. The molecule has 0 unspecified atom stereocenters. The molecule has 1 heterocycles. The van der Waals surface area contributed by atoms with E-state index in [2.05, 4.69) is 30.2 Å². The number of allylic oxidation sites excluding steroid dienone is 3. The molecule has 0 atom stereocenters. The Kier molecular flexibility index (Phi) is 4.54. The molecule has 21 heavy (non-hydrogen) atoms. The van der Waals surface area contributed by atoms with Gasteiger partial charge in [-0.1, -0.05) is 18.4 Å². The van der Waals surface area contributed by atoms with Crippen LogP contribution in [0.4, 0.5) is 0 Å². The van der Waals surface area contributed by atoms with Crippen LogP contribution in [0.5, 0.6) is 5.75 Å². The second-order valence-electron chi connectivity index (χ2n) is 4.48. The van der Waals surface area contributed by atoms with E-state index in [0.29, 0.717) is 0 Å². The van der Waals surface area contributed by atoms with Gasteiger partial charge < -0.3 is 9.64 Å². The number of ether oxygens (including phenoxy) is 1. The van der Waals surface area contributed by atoms with Gasteiger partial charge in [0.25, 0.3) is 0 Å². The maximum Gasteiger partial charge on any atom is 0.148 e. The largest absolute Gasteiger partial charge is 0.481 e. The molecule has 0 bridgehead atoms. The lowest BCUT2D eigenvalue weighted by Crippen LogP contribution is -2.23. The van der Waals surface area contributed by atoms with Crippen LogP contribution in [-0.2, 0) is 0 Å². The molecular formula is C19H17NO. The number of hydrogen-bond donors (Lipinski definition) is 0. The van der Waals surface area contributed by atoms with Gasteiger partial charge in [-0.05, 0) is 48.9 Å². The van der Waals surface area contributed by atoms with Crippen LogP contribution < -0.4 is 4.74 Å². The molecule has 2 heteroatoms. The number of rotatable bonds is 4. The van der Waals surface area contributed by atoms with Gasteiger partial charge in [0.2, 0.25) is 0 Å². The molecule has 1 aliphatic heterocycles. The SMILES string of the molecule is C#CCOc1ccc(C2=CC=C(C#C)C(=C)N2CC)cc1. The summed E-state index contributed by atoms with van der Waals surface area (Å²) in [6.45, 7) is 7.23. The van der Waals surface area contributed by atoms with Crippen molar-refractivity contribution in [2.45, 2.75) is 6.92 Å². The van der Waals surface area contributed by atoms with Gasteiger partial charge in [0, 0.05) is 23.5 Å². The van der Waals surface area contributed by atoms with Crippen molar-refractivity contribution in [1.29, 1.82) is 0 Å². The van der Waals surface area contributed by atoms with Crippen molar-refractivity contribution in [3.05, 3.63) is 59.8 Å². The molecule has 2 rings (SSSR count). The molecule has 0 aliphatic carbocycles. The molecule has 0 saturated carbocycles. The van der Waals surface area contributed by atoms with Crippen molar-refractivity contribution in [3.63, 3.8) is 0 Å². The van der Waals surface area contributed by atoms with Crippen molar-refractivity contribution in [1.82, 2.24) is 4.90 Å². The van der Waals surface area contributed by atoms with Crippen LogP contribution in [0, 0.1) is 24.7 Å². The van der Waals surface area contributed by atoms with Crippen molar-refractivity contribution < 1.29 is 4.74 Å². The summed E-state index contributed by atoms with van der Waals surface area (Å²) in [6.07, 6.45) is 14.6. The Bertz CT molecular complexity index is 678. The third kappa shape index (κ3) is 3.02. The predicted octanol–water partition coefficient (Wildman–Crippen LogP) is 3.45. The van der Waals surface area contributed by atoms with E-state index in [4.69, 9.17) is 17.6 Å². The van der Waals surface area contributed by atoms with Gasteiger partial charge in [-0.2, -0.15) is 0 Å². The topological polar surface area (TPSA) is 12.5 Å². The first-order valence-corrected chi connectivity index (χ1v) is 6.73. The van der Waals surface area contributed by atoms with Crippen molar-refractivity contribution in [3.8, 4) is 30.4 Å². The number of nitrogens with zero attached hydrogens (tertiary/aromatic N) is 1. The van der Waals surface area contributed by atoms with Gasteiger partial charge in [-0.3, -0.25) is 0 Å². The fourth-order valence-corrected chi connectivity index (χ4v) is 2.23. The Morgan fingerprint density at radius 1 is 1.19 bits per heavy atom. The highest BCUT2D eigenvalue weighted by Gasteiger charge is 2.18. The monoisotopic (exact) mass is 275 g/mol. The Hall–Kier alpha value is -2.84. The van der Waals surface area contributed by atoms with Crippen LogP contribution in [0.2, 0.25) is 0 Å². The van der Waals surface area contributed by atoms with E-state index in [-0.39, 0.29) is 6.61 Å². The lowest BCUT2D eigenvalue weighted by Gasteiger charge is -2.30. The molecule has 0 radical (unpaired) electrons. The maximum absolute atomic E-state index is 5.49. The molecule has 0 aromatic heterocycles. The van der Waals surface area contributed by atoms with Gasteiger partial charge >= 0.3 is 0 Å². The Morgan fingerprint density at radius 2 is 1.90 bits per heavy atom. The van der Waals surface area contributed by atoms with Gasteiger partial charge in [0.1, 0.15) is 12.4 Å². The average Bonchev–Trinajstić information content (AvgIpc) is 2.53. The van der Waals surface area contributed by atoms with E-state index in [1.807, 2.05) is 36.4 Å². The van der Waals surface area contributed by atoms with Crippen molar-refractivity contribution in [2.24, 2.45) is 0 Å². The molecule has 0 saturated heterocycles. The van der Waals surface area contributed by atoms with E-state index >= 15 is 0 Å². The van der Waals surface area contributed by atoms with Crippen LogP contribution in [0.15, 0.2) is 54.3 Å². The third-order valence-corrected chi connectivity index (χ3v) is 3.28. The summed E-state index contributed by atoms with van der Waals surface area (Å²) < 4.78 is 5.38. The molecule has 2 nitrogen and oxygen atoms in total. The fraction of sp³-hybridized carbons (Fsp3) is 0.158. The normalized spacial score (nSPS) is 13.9. The highest BCUT2D eigenvalue weighted by molar-refractivity contribution is 5.72. The summed E-state index contributed by atoms with van der Waals surface area (Å²) in [6, 6.07) is 7.82. The molecule has 0 spiro atoms. The summed E-state index contributed by atoms with van der Waals surface area (Å²) in [7, 11) is 0. The fourth-order valence-electron chi connectivity index (χ4n) is 2.23. The van der Waals surface area contributed by atoms with Crippen LogP contribution in [-0.4, -0.2) is 18.1 Å². The summed E-state index contributed by atoms with van der Waals surface area (Å²) in [5.41, 5.74) is 3.82. The smallest absolute Gasteiger partial charge is 0.148 e. The molecule has 1 aromatic carbocycles. The van der Waals surface area contributed by atoms with Crippen LogP contribution >= 0.6 is 0 Å². The van der Waals surface area contributed by atoms with Crippen molar-refractivity contribution >= 4 is 5.70 Å². The molecular weight excluding hydrogens is 258 g/mol. The molecule has 0 fully saturated rings. The Morgan fingerprint density at radius 3 is 2.48 bits per heavy atom. The van der Waals surface area contributed by atoms with E-state index in [1.165, 1.54) is 0 Å². The lowest BCUT2D eigenvalue weighted by molar-refractivity contribution is 0.370. The quantitative estimate of drug-likeness (QED) is 0.780. The lowest BCUT2D eigenvalue weighted by atomic mass is 10.0. The molecule has 1 aromatic rings. The Balaban J connectivity index is 2.30. The van der Waals surface area contributed by atoms with Crippen LogP contribution in [0.1, 0.15) is 12.5 Å². The predicted molar refractivity (Wildman–Crippen MR) is 87.2 cm³/mol. The average molecular weight is 275 g/mol. The highest BCUT2D eigenvalue weighted by atomic mass is 16.5. The van der Waals surface area contributed by atoms with Gasteiger partial charge in [0.05, 0.1) is 0 Å². The molecule has 1 aliphatic rings. The van der Waals surface area contributed by atoms with Gasteiger partial charge in [0.15, 0.2) is 0 Å². The minimum absolute atomic E-state index is 0.272. The first kappa shape index (κ1) is 14.6. The summed E-state index contributed by atoms with van der Waals surface area (Å²) in [5, 5.41) is 0. The molecule has 104 valence electrons. The van der Waals surface area contributed by atoms with Crippen LogP contribution in [0.3, 0.4) is 0 Å². The summed E-state index contributed by atoms with van der Waals surface area (Å²) in [4.78, 5) is 2.10. The second-order valence-corrected chi connectivity index (χ2v) is 4.48. The van der Waals surface area contributed by atoms with E-state index in [0.717, 1.165) is 34.8 Å².